The predicted octanol–water partition coefficient (Wildman–Crippen LogP) is 5.18. The second-order valence-electron chi connectivity index (χ2n) is 5.48. The van der Waals surface area contributed by atoms with E-state index in [9.17, 15) is 0 Å². The Morgan fingerprint density at radius 3 is 2.79 bits per heavy atom. The van der Waals surface area contributed by atoms with E-state index in [0.717, 1.165) is 40.8 Å². The number of hydrogen-bond donors (Lipinski definition) is 0. The third-order valence-electron chi connectivity index (χ3n) is 4.35. The highest BCUT2D eigenvalue weighted by molar-refractivity contribution is 6.10. The molecule has 94 valence electrons. The lowest BCUT2D eigenvalue weighted by Crippen LogP contribution is -2.04. The quantitative estimate of drug-likeness (QED) is 0.481. The Balaban J connectivity index is 2.22. The highest BCUT2D eigenvalue weighted by Crippen LogP contribution is 2.35. The van der Waals surface area contributed by atoms with E-state index in [1.165, 1.54) is 17.5 Å². The SMILES string of the molecule is [2H]C([2H])([2H])c1cc2c(c3ccc4ccccc4c13)CCCC2. The second-order valence-corrected chi connectivity index (χ2v) is 5.48. The zero-order valence-corrected chi connectivity index (χ0v) is 10.9. The maximum absolute atomic E-state index is 7.98. The molecular weight excluding hydrogens is 228 g/mol. The van der Waals surface area contributed by atoms with Gasteiger partial charge in [-0.25, -0.2) is 0 Å². The fraction of sp³-hybridized carbons (Fsp3) is 0.263. The van der Waals surface area contributed by atoms with Crippen molar-refractivity contribution in [2.75, 3.05) is 0 Å². The Kier molecular flexibility index (Phi) is 1.80. The van der Waals surface area contributed by atoms with Gasteiger partial charge in [-0.05, 0) is 70.8 Å². The van der Waals surface area contributed by atoms with Gasteiger partial charge in [-0.2, -0.15) is 0 Å². The maximum atomic E-state index is 7.98. The fourth-order valence-electron chi connectivity index (χ4n) is 3.46. The van der Waals surface area contributed by atoms with Gasteiger partial charge in [-0.1, -0.05) is 42.5 Å². The molecule has 19 heavy (non-hydrogen) atoms. The average Bonchev–Trinajstić information content (AvgIpc) is 2.52. The van der Waals surface area contributed by atoms with E-state index in [1.807, 2.05) is 24.3 Å². The lowest BCUT2D eigenvalue weighted by molar-refractivity contribution is 0.689. The molecule has 1 aliphatic carbocycles. The Morgan fingerprint density at radius 2 is 1.84 bits per heavy atom. The zero-order chi connectivity index (χ0) is 15.3. The van der Waals surface area contributed by atoms with Gasteiger partial charge in [0.2, 0.25) is 0 Å². The van der Waals surface area contributed by atoms with Crippen LogP contribution in [-0.4, -0.2) is 0 Å². The molecule has 0 N–H and O–H groups in total. The van der Waals surface area contributed by atoms with Crippen molar-refractivity contribution in [3.8, 4) is 0 Å². The second kappa shape index (κ2) is 4.09. The van der Waals surface area contributed by atoms with Crippen LogP contribution in [-0.2, 0) is 12.8 Å². The standard InChI is InChI=1S/C19H18/c1-13-12-15-7-3-4-8-16(15)18-11-10-14-6-2-5-9-17(14)19(13)18/h2,5-6,9-12H,3-4,7-8H2,1H3/i1D3. The molecule has 4 rings (SSSR count). The molecule has 0 unspecified atom stereocenters. The largest absolute Gasteiger partial charge is 0.0616 e. The summed E-state index contributed by atoms with van der Waals surface area (Å²) < 4.78 is 23.9. The molecule has 0 heterocycles. The van der Waals surface area contributed by atoms with Crippen LogP contribution in [0.15, 0.2) is 42.5 Å². The molecule has 0 heteroatoms. The van der Waals surface area contributed by atoms with Crippen LogP contribution in [0.5, 0.6) is 0 Å². The molecular formula is C19H18. The summed E-state index contributed by atoms with van der Waals surface area (Å²) in [7, 11) is 0. The van der Waals surface area contributed by atoms with Crippen LogP contribution in [0, 0.1) is 6.85 Å². The predicted molar refractivity (Wildman–Crippen MR) is 82.8 cm³/mol. The first-order valence-corrected chi connectivity index (χ1v) is 7.02. The van der Waals surface area contributed by atoms with Crippen LogP contribution >= 0.6 is 0 Å². The van der Waals surface area contributed by atoms with Gasteiger partial charge in [0, 0.05) is 4.11 Å². The molecule has 3 aromatic carbocycles. The highest BCUT2D eigenvalue weighted by Gasteiger charge is 2.15. The average molecular weight is 249 g/mol. The van der Waals surface area contributed by atoms with Crippen molar-refractivity contribution in [2.45, 2.75) is 32.5 Å². The van der Waals surface area contributed by atoms with Gasteiger partial charge in [0.05, 0.1) is 0 Å². The lowest BCUT2D eigenvalue weighted by atomic mass is 9.84. The van der Waals surface area contributed by atoms with Crippen LogP contribution in [0.25, 0.3) is 21.5 Å². The van der Waals surface area contributed by atoms with Gasteiger partial charge in [0.25, 0.3) is 0 Å². The van der Waals surface area contributed by atoms with Crippen molar-refractivity contribution in [1.82, 2.24) is 0 Å². The van der Waals surface area contributed by atoms with Gasteiger partial charge in [0.1, 0.15) is 0 Å². The van der Waals surface area contributed by atoms with Gasteiger partial charge >= 0.3 is 0 Å². The normalized spacial score (nSPS) is 17.8. The first-order chi connectivity index (χ1) is 10.6. The third-order valence-corrected chi connectivity index (χ3v) is 4.35. The summed E-state index contributed by atoms with van der Waals surface area (Å²) in [6, 6.07) is 14.3. The third kappa shape index (κ3) is 1.59. The molecule has 0 saturated heterocycles. The monoisotopic (exact) mass is 249 g/mol. The molecule has 0 bridgehead atoms. The van der Waals surface area contributed by atoms with Gasteiger partial charge in [0.15, 0.2) is 0 Å². The Hall–Kier alpha value is -1.82. The lowest BCUT2D eigenvalue weighted by Gasteiger charge is -2.20. The van der Waals surface area contributed by atoms with E-state index in [0.29, 0.717) is 5.56 Å². The van der Waals surface area contributed by atoms with Crippen molar-refractivity contribution in [3.63, 3.8) is 0 Å². The first-order valence-electron chi connectivity index (χ1n) is 8.52. The van der Waals surface area contributed by atoms with Crippen molar-refractivity contribution >= 4 is 21.5 Å². The van der Waals surface area contributed by atoms with Crippen molar-refractivity contribution in [2.24, 2.45) is 0 Å². The summed E-state index contributed by atoms with van der Waals surface area (Å²) in [6.45, 7) is -2.07. The maximum Gasteiger partial charge on any atom is 0.0280 e. The Morgan fingerprint density at radius 1 is 0.947 bits per heavy atom. The number of hydrogen-bond acceptors (Lipinski definition) is 0. The molecule has 0 aliphatic heterocycles. The van der Waals surface area contributed by atoms with Crippen LogP contribution in [0.4, 0.5) is 0 Å². The number of fused-ring (bicyclic) bond motifs is 5. The van der Waals surface area contributed by atoms with Crippen molar-refractivity contribution in [3.05, 3.63) is 59.2 Å². The molecule has 0 radical (unpaired) electrons. The molecule has 1 aliphatic rings. The van der Waals surface area contributed by atoms with E-state index in [2.05, 4.69) is 18.2 Å². The number of benzene rings is 3. The molecule has 0 fully saturated rings. The van der Waals surface area contributed by atoms with Gasteiger partial charge in [-0.15, -0.1) is 0 Å². The summed E-state index contributed by atoms with van der Waals surface area (Å²) in [5.41, 5.74) is 3.11. The summed E-state index contributed by atoms with van der Waals surface area (Å²) >= 11 is 0. The summed E-state index contributed by atoms with van der Waals surface area (Å²) in [5.74, 6) is 0. The highest BCUT2D eigenvalue weighted by atomic mass is 14.2. The summed E-state index contributed by atoms with van der Waals surface area (Å²) in [6.07, 6.45) is 4.42. The van der Waals surface area contributed by atoms with Gasteiger partial charge in [-0.3, -0.25) is 0 Å². The van der Waals surface area contributed by atoms with Crippen molar-refractivity contribution < 1.29 is 4.11 Å². The van der Waals surface area contributed by atoms with E-state index < -0.39 is 6.85 Å². The van der Waals surface area contributed by atoms with Crippen LogP contribution < -0.4 is 0 Å². The summed E-state index contributed by atoms with van der Waals surface area (Å²) in [5, 5.41) is 4.23. The molecule has 0 amide bonds. The van der Waals surface area contributed by atoms with Crippen LogP contribution in [0.3, 0.4) is 0 Å². The van der Waals surface area contributed by atoms with E-state index in [1.54, 1.807) is 0 Å². The minimum absolute atomic E-state index is 0.514. The molecule has 0 spiro atoms. The summed E-state index contributed by atoms with van der Waals surface area (Å²) in [4.78, 5) is 0. The smallest absolute Gasteiger partial charge is 0.0280 e. The van der Waals surface area contributed by atoms with Gasteiger partial charge < -0.3 is 0 Å². The fourth-order valence-corrected chi connectivity index (χ4v) is 3.46. The first kappa shape index (κ1) is 8.37. The van der Waals surface area contributed by atoms with E-state index >= 15 is 0 Å². The van der Waals surface area contributed by atoms with Crippen LogP contribution in [0.2, 0.25) is 0 Å². The molecule has 0 nitrogen and oxygen atoms in total. The molecule has 3 aromatic rings. The van der Waals surface area contributed by atoms with E-state index in [-0.39, 0.29) is 0 Å². The Labute approximate surface area is 118 Å². The number of aryl methyl sites for hydroxylation is 3. The van der Waals surface area contributed by atoms with Crippen LogP contribution in [0.1, 0.15) is 33.6 Å². The number of rotatable bonds is 0. The molecule has 0 saturated carbocycles. The zero-order valence-electron chi connectivity index (χ0n) is 13.9. The minimum atomic E-state index is -2.07. The topological polar surface area (TPSA) is 0 Å². The molecule has 0 atom stereocenters. The Bertz CT molecular complexity index is 875. The molecule has 0 aromatic heterocycles. The van der Waals surface area contributed by atoms with Crippen molar-refractivity contribution in [1.29, 1.82) is 0 Å². The minimum Gasteiger partial charge on any atom is -0.0616 e. The van der Waals surface area contributed by atoms with E-state index in [4.69, 9.17) is 4.11 Å².